The number of benzene rings is 1. The van der Waals surface area contributed by atoms with E-state index >= 15 is 0 Å². The van der Waals surface area contributed by atoms with Crippen LogP contribution >= 0.6 is 0 Å². The maximum Gasteiger partial charge on any atom is 0.250 e. The van der Waals surface area contributed by atoms with Crippen molar-refractivity contribution in [3.63, 3.8) is 0 Å². The van der Waals surface area contributed by atoms with Crippen LogP contribution in [0.5, 0.6) is 0 Å². The molecule has 5 heteroatoms. The Bertz CT molecular complexity index is 738. The number of rotatable bonds is 7. The van der Waals surface area contributed by atoms with Gasteiger partial charge in [0.2, 0.25) is 0 Å². The molecule has 2 N–H and O–H groups in total. The number of hydrogen-bond acceptors (Lipinski definition) is 4. The smallest absolute Gasteiger partial charge is 0.250 e. The molecule has 0 spiro atoms. The Morgan fingerprint density at radius 2 is 1.92 bits per heavy atom. The van der Waals surface area contributed by atoms with Crippen molar-refractivity contribution in [3.05, 3.63) is 69.1 Å². The van der Waals surface area contributed by atoms with Crippen molar-refractivity contribution in [3.8, 4) is 0 Å². The van der Waals surface area contributed by atoms with Gasteiger partial charge in [0.15, 0.2) is 6.29 Å². The first kappa shape index (κ1) is 18.4. The summed E-state index contributed by atoms with van der Waals surface area (Å²) in [5, 5.41) is 19.6. The van der Waals surface area contributed by atoms with Gasteiger partial charge in [-0.2, -0.15) is 0 Å². The summed E-state index contributed by atoms with van der Waals surface area (Å²) < 4.78 is 6.78. The van der Waals surface area contributed by atoms with Crippen molar-refractivity contribution >= 4 is 0 Å². The van der Waals surface area contributed by atoms with E-state index < -0.39 is 6.29 Å². The molecule has 0 amide bonds. The van der Waals surface area contributed by atoms with E-state index in [2.05, 4.69) is 0 Å². The lowest BCUT2D eigenvalue weighted by Crippen LogP contribution is -2.20. The molecule has 1 aromatic carbocycles. The molecule has 24 heavy (non-hydrogen) atoms. The average molecular weight is 331 g/mol. The molecule has 0 saturated heterocycles. The molecule has 0 bridgehead atoms. The number of hydrogen-bond donors (Lipinski definition) is 2. The van der Waals surface area contributed by atoms with Gasteiger partial charge in [-0.05, 0) is 42.2 Å². The Hall–Kier alpha value is -1.95. The number of ether oxygens (including phenoxy) is 1. The van der Waals surface area contributed by atoms with Crippen molar-refractivity contribution in [2.24, 2.45) is 7.05 Å². The summed E-state index contributed by atoms with van der Waals surface area (Å²) in [6.07, 6.45) is 1.15. The largest absolute Gasteiger partial charge is 0.392 e. The lowest BCUT2D eigenvalue weighted by atomic mass is 9.87. The number of aliphatic hydroxyl groups excluding tert-OH is 2. The van der Waals surface area contributed by atoms with Gasteiger partial charge in [-0.1, -0.05) is 18.2 Å². The Balaban J connectivity index is 2.45. The van der Waals surface area contributed by atoms with Crippen LogP contribution in [0.4, 0.5) is 0 Å². The molecule has 130 valence electrons. The molecule has 0 aliphatic carbocycles. The fraction of sp³-hybridized carbons (Fsp3) is 0.421. The van der Waals surface area contributed by atoms with Crippen molar-refractivity contribution < 1.29 is 14.9 Å². The molecule has 0 radical (unpaired) electrons. The minimum atomic E-state index is -0.914. The SMILES string of the molecule is CCOC(O)CC(c1ccc(C)c(CO)c1)c1ccn(C)c(=O)c1. The second-order valence-corrected chi connectivity index (χ2v) is 5.95. The Morgan fingerprint density at radius 3 is 2.54 bits per heavy atom. The minimum Gasteiger partial charge on any atom is -0.392 e. The zero-order valence-corrected chi connectivity index (χ0v) is 14.4. The van der Waals surface area contributed by atoms with Gasteiger partial charge in [-0.15, -0.1) is 0 Å². The fourth-order valence-corrected chi connectivity index (χ4v) is 2.79. The quantitative estimate of drug-likeness (QED) is 0.762. The molecule has 1 aromatic heterocycles. The number of aryl methyl sites for hydroxylation is 2. The second-order valence-electron chi connectivity index (χ2n) is 5.95. The van der Waals surface area contributed by atoms with Gasteiger partial charge in [-0.3, -0.25) is 4.79 Å². The highest BCUT2D eigenvalue weighted by Gasteiger charge is 2.20. The highest BCUT2D eigenvalue weighted by atomic mass is 16.6. The number of aliphatic hydroxyl groups is 2. The zero-order valence-electron chi connectivity index (χ0n) is 14.4. The number of pyridine rings is 1. The van der Waals surface area contributed by atoms with Crippen LogP contribution in [0, 0.1) is 6.92 Å². The molecule has 0 aliphatic heterocycles. The first-order valence-corrected chi connectivity index (χ1v) is 8.12. The van der Waals surface area contributed by atoms with Crippen LogP contribution < -0.4 is 5.56 Å². The van der Waals surface area contributed by atoms with E-state index in [0.29, 0.717) is 13.0 Å². The van der Waals surface area contributed by atoms with E-state index in [4.69, 9.17) is 4.74 Å². The van der Waals surface area contributed by atoms with Crippen molar-refractivity contribution in [2.45, 2.75) is 39.1 Å². The summed E-state index contributed by atoms with van der Waals surface area (Å²) in [5.41, 5.74) is 3.51. The van der Waals surface area contributed by atoms with Crippen LogP contribution in [0.15, 0.2) is 41.3 Å². The third-order valence-corrected chi connectivity index (χ3v) is 4.27. The van der Waals surface area contributed by atoms with Crippen LogP contribution in [-0.2, 0) is 18.4 Å². The zero-order chi connectivity index (χ0) is 17.7. The summed E-state index contributed by atoms with van der Waals surface area (Å²) >= 11 is 0. The monoisotopic (exact) mass is 331 g/mol. The maximum atomic E-state index is 12.0. The second kappa shape index (κ2) is 8.24. The molecule has 5 nitrogen and oxygen atoms in total. The van der Waals surface area contributed by atoms with Crippen LogP contribution in [0.3, 0.4) is 0 Å². The molecule has 2 aromatic rings. The Labute approximate surface area is 142 Å². The maximum absolute atomic E-state index is 12.0. The Morgan fingerprint density at radius 1 is 1.21 bits per heavy atom. The fourth-order valence-electron chi connectivity index (χ4n) is 2.79. The molecule has 0 aliphatic rings. The Kier molecular flexibility index (Phi) is 6.31. The highest BCUT2D eigenvalue weighted by molar-refractivity contribution is 5.37. The lowest BCUT2D eigenvalue weighted by molar-refractivity contribution is -0.100. The predicted octanol–water partition coefficient (Wildman–Crippen LogP) is 2.06. The van der Waals surface area contributed by atoms with Crippen molar-refractivity contribution in [1.82, 2.24) is 4.57 Å². The van der Waals surface area contributed by atoms with Gasteiger partial charge >= 0.3 is 0 Å². The number of nitrogens with zero attached hydrogens (tertiary/aromatic N) is 1. The number of aromatic nitrogens is 1. The topological polar surface area (TPSA) is 71.7 Å². The van der Waals surface area contributed by atoms with Gasteiger partial charge in [0.25, 0.3) is 5.56 Å². The lowest BCUT2D eigenvalue weighted by Gasteiger charge is -2.22. The van der Waals surface area contributed by atoms with E-state index in [1.165, 1.54) is 4.57 Å². The third kappa shape index (κ3) is 4.32. The first-order valence-electron chi connectivity index (χ1n) is 8.12. The van der Waals surface area contributed by atoms with E-state index in [-0.39, 0.29) is 18.1 Å². The van der Waals surface area contributed by atoms with Gasteiger partial charge < -0.3 is 19.5 Å². The van der Waals surface area contributed by atoms with E-state index in [1.54, 1.807) is 19.3 Å². The van der Waals surface area contributed by atoms with E-state index in [9.17, 15) is 15.0 Å². The summed E-state index contributed by atoms with van der Waals surface area (Å²) in [5.74, 6) is -0.189. The summed E-state index contributed by atoms with van der Waals surface area (Å²) in [4.78, 5) is 12.0. The summed E-state index contributed by atoms with van der Waals surface area (Å²) in [6, 6.07) is 9.30. The first-order chi connectivity index (χ1) is 11.5. The molecule has 2 rings (SSSR count). The molecule has 0 fully saturated rings. The average Bonchev–Trinajstić information content (AvgIpc) is 2.56. The van der Waals surface area contributed by atoms with Crippen LogP contribution in [0.25, 0.3) is 0 Å². The van der Waals surface area contributed by atoms with Crippen molar-refractivity contribution in [1.29, 1.82) is 0 Å². The van der Waals surface area contributed by atoms with Crippen LogP contribution in [-0.4, -0.2) is 27.7 Å². The molecule has 1 heterocycles. The summed E-state index contributed by atoms with van der Waals surface area (Å²) in [7, 11) is 1.70. The van der Waals surface area contributed by atoms with E-state index in [0.717, 1.165) is 22.3 Å². The highest BCUT2D eigenvalue weighted by Crippen LogP contribution is 2.30. The van der Waals surface area contributed by atoms with Gasteiger partial charge in [-0.25, -0.2) is 0 Å². The normalized spacial score (nSPS) is 13.7. The predicted molar refractivity (Wildman–Crippen MR) is 92.9 cm³/mol. The molecule has 0 saturated carbocycles. The third-order valence-electron chi connectivity index (χ3n) is 4.27. The molecular formula is C19H25NO4. The van der Waals surface area contributed by atoms with Crippen LogP contribution in [0.2, 0.25) is 0 Å². The van der Waals surface area contributed by atoms with Gasteiger partial charge in [0.05, 0.1) is 6.61 Å². The summed E-state index contributed by atoms with van der Waals surface area (Å²) in [6.45, 7) is 4.14. The minimum absolute atomic E-state index is 0.0447. The molecular weight excluding hydrogens is 306 g/mol. The van der Waals surface area contributed by atoms with E-state index in [1.807, 2.05) is 38.1 Å². The molecule has 2 unspecified atom stereocenters. The standard InChI is InChI=1S/C19H25NO4/c1-4-24-19(23)11-17(15-7-8-20(3)18(22)10-15)14-6-5-13(2)16(9-14)12-21/h5-10,17,19,21,23H,4,11-12H2,1-3H3. The van der Waals surface area contributed by atoms with Crippen molar-refractivity contribution in [2.75, 3.05) is 6.61 Å². The van der Waals surface area contributed by atoms with Gasteiger partial charge in [0, 0.05) is 38.3 Å². The van der Waals surface area contributed by atoms with Gasteiger partial charge in [0.1, 0.15) is 0 Å². The molecule has 2 atom stereocenters. The van der Waals surface area contributed by atoms with Crippen LogP contribution in [0.1, 0.15) is 41.5 Å².